The molecule has 37 heavy (non-hydrogen) atoms. The number of amides is 2. The molecule has 0 aromatic heterocycles. The van der Waals surface area contributed by atoms with Crippen LogP contribution in [0, 0.1) is 0 Å². The molecule has 0 spiro atoms. The molecule has 200 valence electrons. The van der Waals surface area contributed by atoms with Crippen LogP contribution in [0.4, 0.5) is 18.9 Å². The third-order valence-electron chi connectivity index (χ3n) is 7.34. The molecule has 4 rings (SSSR count). The molecular weight excluding hydrogens is 485 g/mol. The summed E-state index contributed by atoms with van der Waals surface area (Å²) in [5.74, 6) is -1.12. The molecular formula is C27H33F3N4O3. The first-order valence-corrected chi connectivity index (χ1v) is 12.4. The van der Waals surface area contributed by atoms with E-state index in [1.807, 2.05) is 43.3 Å². The molecule has 7 nitrogen and oxygen atoms in total. The molecule has 1 aliphatic heterocycles. The van der Waals surface area contributed by atoms with E-state index >= 15 is 0 Å². The largest absolute Gasteiger partial charge is 0.416 e. The maximum Gasteiger partial charge on any atom is 0.416 e. The van der Waals surface area contributed by atoms with Gasteiger partial charge in [-0.25, -0.2) is 0 Å². The summed E-state index contributed by atoms with van der Waals surface area (Å²) in [6.45, 7) is 1.06. The van der Waals surface area contributed by atoms with Crippen molar-refractivity contribution in [3.63, 3.8) is 0 Å². The number of nitrogens with zero attached hydrogens (tertiary/aromatic N) is 2. The number of halogens is 3. The highest BCUT2D eigenvalue weighted by Crippen LogP contribution is 2.40. The minimum Gasteiger partial charge on any atom is -0.385 e. The van der Waals surface area contributed by atoms with Gasteiger partial charge in [-0.15, -0.1) is 0 Å². The van der Waals surface area contributed by atoms with E-state index in [2.05, 4.69) is 15.5 Å². The van der Waals surface area contributed by atoms with Crippen LogP contribution in [-0.2, 0) is 16.6 Å². The van der Waals surface area contributed by atoms with E-state index in [-0.39, 0.29) is 24.1 Å². The molecule has 10 heteroatoms. The first-order valence-electron chi connectivity index (χ1n) is 12.4. The van der Waals surface area contributed by atoms with Crippen LogP contribution in [0.3, 0.4) is 0 Å². The van der Waals surface area contributed by atoms with Crippen molar-refractivity contribution in [2.24, 2.45) is 0 Å². The van der Waals surface area contributed by atoms with E-state index in [9.17, 15) is 27.9 Å². The van der Waals surface area contributed by atoms with Gasteiger partial charge in [0.05, 0.1) is 23.8 Å². The quantitative estimate of drug-likeness (QED) is 0.525. The second kappa shape index (κ2) is 10.7. The first-order chi connectivity index (χ1) is 17.4. The molecule has 1 saturated heterocycles. The molecule has 0 radical (unpaired) electrons. The van der Waals surface area contributed by atoms with Crippen molar-refractivity contribution in [3.05, 3.63) is 65.2 Å². The van der Waals surface area contributed by atoms with Crippen molar-refractivity contribution < 1.29 is 27.9 Å². The number of carbonyl (C=O) groups is 2. The number of rotatable bonds is 7. The molecule has 2 aliphatic rings. The zero-order valence-corrected chi connectivity index (χ0v) is 21.0. The molecule has 2 aromatic rings. The summed E-state index contributed by atoms with van der Waals surface area (Å²) in [6.07, 6.45) is -1.49. The lowest BCUT2D eigenvalue weighted by Gasteiger charge is -2.48. The summed E-state index contributed by atoms with van der Waals surface area (Å²) in [7, 11) is 3.95. The van der Waals surface area contributed by atoms with Crippen molar-refractivity contribution in [1.29, 1.82) is 0 Å². The molecule has 2 aromatic carbocycles. The number of anilines is 1. The van der Waals surface area contributed by atoms with Crippen LogP contribution in [0.2, 0.25) is 0 Å². The predicted molar refractivity (Wildman–Crippen MR) is 134 cm³/mol. The molecule has 1 heterocycles. The van der Waals surface area contributed by atoms with Crippen molar-refractivity contribution in [3.8, 4) is 0 Å². The Kier molecular flexibility index (Phi) is 7.80. The highest BCUT2D eigenvalue weighted by molar-refractivity contribution is 5.96. The average Bonchev–Trinajstić information content (AvgIpc) is 2.85. The van der Waals surface area contributed by atoms with Crippen LogP contribution in [-0.4, -0.2) is 67.6 Å². The summed E-state index contributed by atoms with van der Waals surface area (Å²) in [6, 6.07) is 12.4. The standard InChI is InChI=1S/C27H33F3N4O3/c1-33(2)23-8-4-6-19(14-23)26(37)11-9-22(10-12-26)34-16-21(17-34)32-24(35)15-31-25(36)18-5-3-7-20(13-18)27(28,29)30/h3-8,13-14,21-22,37H,9-12,15-17H2,1-2H3,(H,31,36)(H,32,35)/t22-,26-. The number of aliphatic hydroxyl groups is 1. The topological polar surface area (TPSA) is 84.9 Å². The Morgan fingerprint density at radius 1 is 1.08 bits per heavy atom. The normalized spacial score (nSPS) is 22.7. The van der Waals surface area contributed by atoms with E-state index in [1.54, 1.807) is 0 Å². The van der Waals surface area contributed by atoms with Gasteiger partial charge in [0.1, 0.15) is 0 Å². The van der Waals surface area contributed by atoms with E-state index < -0.39 is 23.2 Å². The fourth-order valence-electron chi connectivity index (χ4n) is 5.09. The zero-order valence-electron chi connectivity index (χ0n) is 21.0. The van der Waals surface area contributed by atoms with Crippen LogP contribution < -0.4 is 15.5 Å². The zero-order chi connectivity index (χ0) is 26.8. The minimum absolute atomic E-state index is 0.0458. The summed E-state index contributed by atoms with van der Waals surface area (Å²) in [5.41, 5.74) is 0.0998. The van der Waals surface area contributed by atoms with Crippen LogP contribution in [0.25, 0.3) is 0 Å². The van der Waals surface area contributed by atoms with E-state index in [4.69, 9.17) is 0 Å². The Balaban J connectivity index is 1.19. The van der Waals surface area contributed by atoms with Crippen molar-refractivity contribution >= 4 is 17.5 Å². The third-order valence-corrected chi connectivity index (χ3v) is 7.34. The van der Waals surface area contributed by atoms with Gasteiger partial charge in [0.25, 0.3) is 5.91 Å². The first kappa shape index (κ1) is 26.9. The number of hydrogen-bond donors (Lipinski definition) is 3. The lowest BCUT2D eigenvalue weighted by atomic mass is 9.76. The Labute approximate surface area is 214 Å². The summed E-state index contributed by atoms with van der Waals surface area (Å²) in [4.78, 5) is 28.7. The van der Waals surface area contributed by atoms with Crippen LogP contribution in [0.5, 0.6) is 0 Å². The molecule has 0 unspecified atom stereocenters. The molecule has 1 aliphatic carbocycles. The van der Waals surface area contributed by atoms with Gasteiger partial charge in [0.2, 0.25) is 5.91 Å². The number of alkyl halides is 3. The number of carbonyl (C=O) groups excluding carboxylic acids is 2. The Bertz CT molecular complexity index is 1120. The van der Waals surface area contributed by atoms with Gasteiger partial charge in [-0.05, 0) is 61.6 Å². The molecule has 2 fully saturated rings. The fourth-order valence-corrected chi connectivity index (χ4v) is 5.09. The molecule has 3 N–H and O–H groups in total. The molecule has 0 atom stereocenters. The summed E-state index contributed by atoms with van der Waals surface area (Å²) >= 11 is 0. The third kappa shape index (κ3) is 6.42. The fraction of sp³-hybridized carbons (Fsp3) is 0.481. The van der Waals surface area contributed by atoms with Crippen LogP contribution in [0.15, 0.2) is 48.5 Å². The smallest absolute Gasteiger partial charge is 0.385 e. The van der Waals surface area contributed by atoms with Crippen LogP contribution in [0.1, 0.15) is 47.2 Å². The maximum absolute atomic E-state index is 12.8. The Morgan fingerprint density at radius 3 is 2.41 bits per heavy atom. The second-order valence-electron chi connectivity index (χ2n) is 10.2. The molecule has 1 saturated carbocycles. The predicted octanol–water partition coefficient (Wildman–Crippen LogP) is 3.13. The number of nitrogens with one attached hydrogen (secondary N) is 2. The number of benzene rings is 2. The highest BCUT2D eigenvalue weighted by Gasteiger charge is 2.40. The van der Waals surface area contributed by atoms with Gasteiger partial charge in [-0.3, -0.25) is 14.5 Å². The highest BCUT2D eigenvalue weighted by atomic mass is 19.4. The molecule has 2 amide bonds. The number of likely N-dealkylation sites (tertiary alicyclic amines) is 1. The van der Waals surface area contributed by atoms with Gasteiger partial charge < -0.3 is 20.6 Å². The minimum atomic E-state index is -4.54. The van der Waals surface area contributed by atoms with E-state index in [0.29, 0.717) is 32.0 Å². The maximum atomic E-state index is 12.8. The van der Waals surface area contributed by atoms with Crippen molar-refractivity contribution in [2.75, 3.05) is 38.6 Å². The van der Waals surface area contributed by atoms with Gasteiger partial charge in [-0.1, -0.05) is 18.2 Å². The van der Waals surface area contributed by atoms with Gasteiger partial charge in [-0.2, -0.15) is 13.2 Å². The van der Waals surface area contributed by atoms with Gasteiger partial charge >= 0.3 is 6.18 Å². The average molecular weight is 519 g/mol. The van der Waals surface area contributed by atoms with Crippen LogP contribution >= 0.6 is 0 Å². The van der Waals surface area contributed by atoms with E-state index in [1.165, 1.54) is 6.07 Å². The van der Waals surface area contributed by atoms with Gasteiger partial charge in [0, 0.05) is 44.5 Å². The lowest BCUT2D eigenvalue weighted by Crippen LogP contribution is -2.63. The molecule has 0 bridgehead atoms. The monoisotopic (exact) mass is 518 g/mol. The second-order valence-corrected chi connectivity index (χ2v) is 10.2. The Hall–Kier alpha value is -3.11. The Morgan fingerprint density at radius 2 is 1.76 bits per heavy atom. The van der Waals surface area contributed by atoms with Gasteiger partial charge in [0.15, 0.2) is 0 Å². The number of hydrogen-bond acceptors (Lipinski definition) is 5. The van der Waals surface area contributed by atoms with E-state index in [0.717, 1.165) is 42.3 Å². The van der Waals surface area contributed by atoms with Crippen molar-refractivity contribution in [2.45, 2.75) is 49.5 Å². The summed E-state index contributed by atoms with van der Waals surface area (Å²) in [5, 5.41) is 16.5. The lowest BCUT2D eigenvalue weighted by molar-refractivity contribution is -0.137. The SMILES string of the molecule is CN(C)c1cccc([C@]2(O)CC[C@H](N3CC(NC(=O)CNC(=O)c4cccc(C(F)(F)F)c4)C3)CC2)c1. The summed E-state index contributed by atoms with van der Waals surface area (Å²) < 4.78 is 38.5. The van der Waals surface area contributed by atoms with Crippen molar-refractivity contribution in [1.82, 2.24) is 15.5 Å².